The van der Waals surface area contributed by atoms with E-state index in [9.17, 15) is 0 Å². The van der Waals surface area contributed by atoms with Crippen LogP contribution < -0.4 is 11.1 Å². The lowest BCUT2D eigenvalue weighted by Crippen LogP contribution is -2.01. The van der Waals surface area contributed by atoms with Gasteiger partial charge in [0.25, 0.3) is 0 Å². The van der Waals surface area contributed by atoms with Crippen molar-refractivity contribution in [2.45, 2.75) is 13.8 Å². The van der Waals surface area contributed by atoms with Crippen LogP contribution in [0.1, 0.15) is 10.4 Å². The molecule has 0 spiro atoms. The number of halogens is 1. The predicted molar refractivity (Wildman–Crippen MR) is 88.7 cm³/mol. The Hall–Kier alpha value is -1.66. The number of nitrogens with two attached hydrogens (primary N) is 1. The number of nitrogens with zero attached hydrogens (tertiary/aromatic N) is 2. The van der Waals surface area contributed by atoms with Gasteiger partial charge in [0.05, 0.1) is 5.39 Å². The van der Waals surface area contributed by atoms with E-state index in [0.717, 1.165) is 31.8 Å². The van der Waals surface area contributed by atoms with Crippen molar-refractivity contribution in [3.05, 3.63) is 39.2 Å². The highest BCUT2D eigenvalue weighted by atomic mass is 79.9. The van der Waals surface area contributed by atoms with Crippen LogP contribution in [0.5, 0.6) is 0 Å². The maximum atomic E-state index is 5.79. The summed E-state index contributed by atoms with van der Waals surface area (Å²) in [4.78, 5) is 10.7. The minimum atomic E-state index is 0.289. The first-order valence-electron chi connectivity index (χ1n) is 6.10. The number of hydrogen-bond acceptors (Lipinski definition) is 5. The average Bonchev–Trinajstić information content (AvgIpc) is 2.73. The number of nitrogens with one attached hydrogen (secondary N) is 1. The average molecular weight is 349 g/mol. The Morgan fingerprint density at radius 3 is 2.75 bits per heavy atom. The first-order valence-corrected chi connectivity index (χ1v) is 7.71. The molecule has 0 saturated heterocycles. The fourth-order valence-electron chi connectivity index (χ4n) is 2.05. The van der Waals surface area contributed by atoms with E-state index in [4.69, 9.17) is 5.73 Å². The predicted octanol–water partition coefficient (Wildman–Crippen LogP) is 4.40. The van der Waals surface area contributed by atoms with Crippen LogP contribution in [-0.4, -0.2) is 9.97 Å². The zero-order chi connectivity index (χ0) is 14.3. The summed E-state index contributed by atoms with van der Waals surface area (Å²) in [5.41, 5.74) is 7.93. The van der Waals surface area contributed by atoms with Crippen LogP contribution in [0.15, 0.2) is 28.7 Å². The number of rotatable bonds is 2. The monoisotopic (exact) mass is 348 g/mol. The molecule has 20 heavy (non-hydrogen) atoms. The van der Waals surface area contributed by atoms with Crippen LogP contribution in [0, 0.1) is 13.8 Å². The van der Waals surface area contributed by atoms with Crippen molar-refractivity contribution in [3.8, 4) is 0 Å². The van der Waals surface area contributed by atoms with Crippen molar-refractivity contribution < 1.29 is 0 Å². The molecule has 102 valence electrons. The Labute approximate surface area is 129 Å². The molecule has 2 heterocycles. The molecule has 2 aromatic heterocycles. The van der Waals surface area contributed by atoms with E-state index in [-0.39, 0.29) is 5.95 Å². The first kappa shape index (κ1) is 13.3. The van der Waals surface area contributed by atoms with E-state index >= 15 is 0 Å². The van der Waals surface area contributed by atoms with Gasteiger partial charge in [-0.05, 0) is 43.7 Å². The van der Waals surface area contributed by atoms with Crippen molar-refractivity contribution in [1.82, 2.24) is 9.97 Å². The molecular weight excluding hydrogens is 336 g/mol. The summed E-state index contributed by atoms with van der Waals surface area (Å²) in [6.07, 6.45) is 0. The second-order valence-electron chi connectivity index (χ2n) is 4.59. The lowest BCUT2D eigenvalue weighted by Gasteiger charge is -2.10. The number of aromatic nitrogens is 2. The third kappa shape index (κ3) is 2.48. The summed E-state index contributed by atoms with van der Waals surface area (Å²) in [5.74, 6) is 1.04. The van der Waals surface area contributed by atoms with E-state index in [0.29, 0.717) is 0 Å². The smallest absolute Gasteiger partial charge is 0.223 e. The molecule has 0 unspecified atom stereocenters. The van der Waals surface area contributed by atoms with Gasteiger partial charge >= 0.3 is 0 Å². The maximum Gasteiger partial charge on any atom is 0.223 e. The molecule has 0 aliphatic rings. The van der Waals surface area contributed by atoms with E-state index in [1.165, 1.54) is 4.88 Å². The van der Waals surface area contributed by atoms with Gasteiger partial charge in [-0.3, -0.25) is 0 Å². The second kappa shape index (κ2) is 5.03. The van der Waals surface area contributed by atoms with Gasteiger partial charge in [-0.2, -0.15) is 4.98 Å². The van der Waals surface area contributed by atoms with E-state index in [2.05, 4.69) is 50.3 Å². The Morgan fingerprint density at radius 1 is 1.20 bits per heavy atom. The standard InChI is InChI=1S/C14H13BrN4S/c1-7-5-9(15)3-4-11(7)17-12-10-6-8(2)20-13(10)19-14(16)18-12/h3-6H,1-2H3,(H3,16,17,18,19). The van der Waals surface area contributed by atoms with Crippen molar-refractivity contribution in [2.24, 2.45) is 0 Å². The topological polar surface area (TPSA) is 63.8 Å². The molecule has 0 aliphatic heterocycles. The number of benzene rings is 1. The Bertz CT molecular complexity index is 797. The summed E-state index contributed by atoms with van der Waals surface area (Å²) in [7, 11) is 0. The fourth-order valence-corrected chi connectivity index (χ4v) is 3.41. The highest BCUT2D eigenvalue weighted by Gasteiger charge is 2.10. The van der Waals surface area contributed by atoms with Gasteiger partial charge in [0, 0.05) is 15.0 Å². The van der Waals surface area contributed by atoms with Crippen molar-refractivity contribution >= 4 is 54.9 Å². The molecule has 0 atom stereocenters. The third-order valence-electron chi connectivity index (χ3n) is 2.97. The SMILES string of the molecule is Cc1cc2c(Nc3ccc(Br)cc3C)nc(N)nc2s1. The zero-order valence-electron chi connectivity index (χ0n) is 11.1. The molecule has 0 radical (unpaired) electrons. The molecule has 4 nitrogen and oxygen atoms in total. The van der Waals surface area contributed by atoms with Crippen LogP contribution in [-0.2, 0) is 0 Å². The van der Waals surface area contributed by atoms with Gasteiger partial charge in [0.1, 0.15) is 10.6 Å². The maximum absolute atomic E-state index is 5.79. The van der Waals surface area contributed by atoms with Gasteiger partial charge in [-0.25, -0.2) is 4.98 Å². The normalized spacial score (nSPS) is 10.9. The molecule has 6 heteroatoms. The quantitative estimate of drug-likeness (QED) is 0.720. The molecule has 0 fully saturated rings. The fraction of sp³-hybridized carbons (Fsp3) is 0.143. The van der Waals surface area contributed by atoms with Crippen LogP contribution in [0.25, 0.3) is 10.2 Å². The number of aryl methyl sites for hydroxylation is 2. The number of hydrogen-bond donors (Lipinski definition) is 2. The highest BCUT2D eigenvalue weighted by molar-refractivity contribution is 9.10. The molecule has 3 N–H and O–H groups in total. The van der Waals surface area contributed by atoms with Gasteiger partial charge in [-0.1, -0.05) is 15.9 Å². The van der Waals surface area contributed by atoms with E-state index < -0.39 is 0 Å². The molecular formula is C14H13BrN4S. The number of fused-ring (bicyclic) bond motifs is 1. The molecule has 0 saturated carbocycles. The van der Waals surface area contributed by atoms with Gasteiger partial charge in [0.2, 0.25) is 5.95 Å². The minimum Gasteiger partial charge on any atom is -0.368 e. The number of nitrogen functional groups attached to an aromatic ring is 1. The van der Waals surface area contributed by atoms with Crippen molar-refractivity contribution in [1.29, 1.82) is 0 Å². The minimum absolute atomic E-state index is 0.289. The lowest BCUT2D eigenvalue weighted by atomic mass is 10.2. The first-order chi connectivity index (χ1) is 9.52. The van der Waals surface area contributed by atoms with Crippen molar-refractivity contribution in [2.75, 3.05) is 11.1 Å². The molecule has 1 aromatic carbocycles. The van der Waals surface area contributed by atoms with E-state index in [1.54, 1.807) is 11.3 Å². The largest absolute Gasteiger partial charge is 0.368 e. The summed E-state index contributed by atoms with van der Waals surface area (Å²) in [5, 5.41) is 4.36. The third-order valence-corrected chi connectivity index (χ3v) is 4.41. The number of thiophene rings is 1. The van der Waals surface area contributed by atoms with E-state index in [1.807, 2.05) is 19.1 Å². The molecule has 0 amide bonds. The Balaban J connectivity index is 2.10. The second-order valence-corrected chi connectivity index (χ2v) is 6.74. The highest BCUT2D eigenvalue weighted by Crippen LogP contribution is 2.32. The Morgan fingerprint density at radius 2 is 2.00 bits per heavy atom. The van der Waals surface area contributed by atoms with Gasteiger partial charge in [0.15, 0.2) is 0 Å². The Kier molecular flexibility index (Phi) is 3.35. The van der Waals surface area contributed by atoms with Crippen LogP contribution in [0.3, 0.4) is 0 Å². The van der Waals surface area contributed by atoms with Crippen LogP contribution in [0.4, 0.5) is 17.5 Å². The number of anilines is 3. The van der Waals surface area contributed by atoms with Gasteiger partial charge < -0.3 is 11.1 Å². The molecule has 3 aromatic rings. The van der Waals surface area contributed by atoms with Crippen molar-refractivity contribution in [3.63, 3.8) is 0 Å². The summed E-state index contributed by atoms with van der Waals surface area (Å²) >= 11 is 5.08. The zero-order valence-corrected chi connectivity index (χ0v) is 13.5. The van der Waals surface area contributed by atoms with Gasteiger partial charge in [-0.15, -0.1) is 11.3 Å². The summed E-state index contributed by atoms with van der Waals surface area (Å²) < 4.78 is 1.05. The van der Waals surface area contributed by atoms with Crippen LogP contribution in [0.2, 0.25) is 0 Å². The molecule has 0 aliphatic carbocycles. The summed E-state index contributed by atoms with van der Waals surface area (Å²) in [6, 6.07) is 8.15. The summed E-state index contributed by atoms with van der Waals surface area (Å²) in [6.45, 7) is 4.10. The molecule has 3 rings (SSSR count). The molecule has 0 bridgehead atoms. The lowest BCUT2D eigenvalue weighted by molar-refractivity contribution is 1.24. The van der Waals surface area contributed by atoms with Crippen LogP contribution >= 0.6 is 27.3 Å².